The van der Waals surface area contributed by atoms with Crippen molar-refractivity contribution < 1.29 is 14.6 Å². The fourth-order valence-electron chi connectivity index (χ4n) is 2.14. The molecule has 0 saturated carbocycles. The van der Waals surface area contributed by atoms with Crippen LogP contribution < -0.4 is 9.47 Å². The first-order chi connectivity index (χ1) is 10.9. The molecule has 2 aromatic carbocycles. The van der Waals surface area contributed by atoms with Gasteiger partial charge in [-0.2, -0.15) is 0 Å². The molecule has 3 heteroatoms. The standard InChI is InChI=1S/C19H24O3/c20-14-6-7-17-10-12-19(13-11-17)22-16-5-4-15-21-18-8-2-1-3-9-18/h1-3,8-13,20H,4-7,14-16H2. The molecule has 0 aliphatic rings. The van der Waals surface area contributed by atoms with Crippen LogP contribution in [0, 0.1) is 0 Å². The molecule has 118 valence electrons. The lowest BCUT2D eigenvalue weighted by atomic mass is 10.1. The van der Waals surface area contributed by atoms with Gasteiger partial charge in [0.1, 0.15) is 11.5 Å². The SMILES string of the molecule is OCCCc1ccc(OCCCCOc2ccccc2)cc1. The Morgan fingerprint density at radius 1 is 0.682 bits per heavy atom. The highest BCUT2D eigenvalue weighted by Gasteiger charge is 1.97. The number of aliphatic hydroxyl groups is 1. The van der Waals surface area contributed by atoms with Gasteiger partial charge in [0.25, 0.3) is 0 Å². The number of para-hydroxylation sites is 1. The number of aryl methyl sites for hydroxylation is 1. The zero-order valence-corrected chi connectivity index (χ0v) is 12.9. The van der Waals surface area contributed by atoms with Gasteiger partial charge in [0.15, 0.2) is 0 Å². The highest BCUT2D eigenvalue weighted by molar-refractivity contribution is 5.27. The molecule has 0 aromatic heterocycles. The topological polar surface area (TPSA) is 38.7 Å². The fraction of sp³-hybridized carbons (Fsp3) is 0.368. The third-order valence-electron chi connectivity index (χ3n) is 3.37. The average molecular weight is 300 g/mol. The Bertz CT molecular complexity index is 508. The number of ether oxygens (including phenoxy) is 2. The van der Waals surface area contributed by atoms with Gasteiger partial charge in [-0.25, -0.2) is 0 Å². The van der Waals surface area contributed by atoms with Crippen LogP contribution in [-0.2, 0) is 6.42 Å². The summed E-state index contributed by atoms with van der Waals surface area (Å²) >= 11 is 0. The van der Waals surface area contributed by atoms with Crippen molar-refractivity contribution in [3.05, 3.63) is 60.2 Å². The summed E-state index contributed by atoms with van der Waals surface area (Å²) in [6.45, 7) is 1.66. The van der Waals surface area contributed by atoms with Crippen molar-refractivity contribution in [1.29, 1.82) is 0 Å². The summed E-state index contributed by atoms with van der Waals surface area (Å²) in [5.74, 6) is 1.82. The average Bonchev–Trinajstić information content (AvgIpc) is 2.58. The molecule has 0 spiro atoms. The number of hydrogen-bond acceptors (Lipinski definition) is 3. The van der Waals surface area contributed by atoms with E-state index in [1.165, 1.54) is 5.56 Å². The van der Waals surface area contributed by atoms with Gasteiger partial charge < -0.3 is 14.6 Å². The predicted octanol–water partition coefficient (Wildman–Crippen LogP) is 3.85. The predicted molar refractivity (Wildman–Crippen MR) is 88.5 cm³/mol. The number of hydrogen-bond donors (Lipinski definition) is 1. The molecule has 0 saturated heterocycles. The van der Waals surface area contributed by atoms with Gasteiger partial charge in [-0.1, -0.05) is 30.3 Å². The van der Waals surface area contributed by atoms with Crippen LogP contribution in [0.25, 0.3) is 0 Å². The van der Waals surface area contributed by atoms with Crippen molar-refractivity contribution in [2.75, 3.05) is 19.8 Å². The maximum atomic E-state index is 8.81. The lowest BCUT2D eigenvalue weighted by Crippen LogP contribution is -2.02. The Balaban J connectivity index is 1.56. The zero-order chi connectivity index (χ0) is 15.5. The van der Waals surface area contributed by atoms with Crippen LogP contribution in [0.1, 0.15) is 24.8 Å². The van der Waals surface area contributed by atoms with Crippen molar-refractivity contribution in [3.63, 3.8) is 0 Å². The summed E-state index contributed by atoms with van der Waals surface area (Å²) in [5.41, 5.74) is 1.23. The summed E-state index contributed by atoms with van der Waals surface area (Å²) in [6.07, 6.45) is 3.66. The molecule has 0 heterocycles. The summed E-state index contributed by atoms with van der Waals surface area (Å²) < 4.78 is 11.3. The van der Waals surface area contributed by atoms with Gasteiger partial charge >= 0.3 is 0 Å². The fourth-order valence-corrected chi connectivity index (χ4v) is 2.14. The molecule has 0 bridgehead atoms. The quantitative estimate of drug-likeness (QED) is 0.677. The first-order valence-corrected chi connectivity index (χ1v) is 7.89. The minimum Gasteiger partial charge on any atom is -0.494 e. The van der Waals surface area contributed by atoms with E-state index in [0.717, 1.165) is 37.2 Å². The van der Waals surface area contributed by atoms with Crippen LogP contribution in [0.15, 0.2) is 54.6 Å². The largest absolute Gasteiger partial charge is 0.494 e. The van der Waals surface area contributed by atoms with E-state index in [4.69, 9.17) is 14.6 Å². The van der Waals surface area contributed by atoms with Crippen LogP contribution in [0.2, 0.25) is 0 Å². The molecule has 0 aliphatic heterocycles. The number of aliphatic hydroxyl groups excluding tert-OH is 1. The molecule has 0 fully saturated rings. The second kappa shape index (κ2) is 9.85. The van der Waals surface area contributed by atoms with Gasteiger partial charge in [0.05, 0.1) is 13.2 Å². The van der Waals surface area contributed by atoms with Gasteiger partial charge in [0, 0.05) is 6.61 Å². The minimum absolute atomic E-state index is 0.239. The van der Waals surface area contributed by atoms with E-state index in [0.29, 0.717) is 13.2 Å². The Kier molecular flexibility index (Phi) is 7.33. The summed E-state index contributed by atoms with van der Waals surface area (Å²) in [5, 5.41) is 8.81. The molecule has 22 heavy (non-hydrogen) atoms. The third kappa shape index (κ3) is 6.19. The first-order valence-electron chi connectivity index (χ1n) is 7.89. The monoisotopic (exact) mass is 300 g/mol. The molecule has 0 amide bonds. The maximum Gasteiger partial charge on any atom is 0.119 e. The van der Waals surface area contributed by atoms with Crippen LogP contribution >= 0.6 is 0 Å². The molecular weight excluding hydrogens is 276 g/mol. The lowest BCUT2D eigenvalue weighted by Gasteiger charge is -2.08. The van der Waals surface area contributed by atoms with Crippen molar-refractivity contribution in [3.8, 4) is 11.5 Å². The smallest absolute Gasteiger partial charge is 0.119 e. The highest BCUT2D eigenvalue weighted by Crippen LogP contribution is 2.14. The second-order valence-electron chi connectivity index (χ2n) is 5.19. The van der Waals surface area contributed by atoms with E-state index in [-0.39, 0.29) is 6.61 Å². The Hall–Kier alpha value is -2.00. The van der Waals surface area contributed by atoms with Crippen LogP contribution in [0.5, 0.6) is 11.5 Å². The van der Waals surface area contributed by atoms with E-state index >= 15 is 0 Å². The number of unbranched alkanes of at least 4 members (excludes halogenated alkanes) is 1. The van der Waals surface area contributed by atoms with Crippen LogP contribution in [-0.4, -0.2) is 24.9 Å². The van der Waals surface area contributed by atoms with Gasteiger partial charge in [0.2, 0.25) is 0 Å². The summed E-state index contributed by atoms with van der Waals surface area (Å²) in [7, 11) is 0. The van der Waals surface area contributed by atoms with Crippen molar-refractivity contribution in [2.45, 2.75) is 25.7 Å². The van der Waals surface area contributed by atoms with Crippen LogP contribution in [0.4, 0.5) is 0 Å². The molecule has 3 nitrogen and oxygen atoms in total. The van der Waals surface area contributed by atoms with Crippen molar-refractivity contribution >= 4 is 0 Å². The molecule has 0 atom stereocenters. The molecule has 0 aliphatic carbocycles. The Morgan fingerprint density at radius 3 is 1.86 bits per heavy atom. The highest BCUT2D eigenvalue weighted by atomic mass is 16.5. The van der Waals surface area contributed by atoms with E-state index in [9.17, 15) is 0 Å². The molecule has 0 radical (unpaired) electrons. The van der Waals surface area contributed by atoms with E-state index in [1.54, 1.807) is 0 Å². The van der Waals surface area contributed by atoms with Crippen molar-refractivity contribution in [1.82, 2.24) is 0 Å². The number of benzene rings is 2. The third-order valence-corrected chi connectivity index (χ3v) is 3.37. The summed E-state index contributed by atoms with van der Waals surface area (Å²) in [6, 6.07) is 18.0. The van der Waals surface area contributed by atoms with Gasteiger partial charge in [-0.15, -0.1) is 0 Å². The number of rotatable bonds is 10. The van der Waals surface area contributed by atoms with Gasteiger partial charge in [-0.3, -0.25) is 0 Å². The van der Waals surface area contributed by atoms with Crippen molar-refractivity contribution in [2.24, 2.45) is 0 Å². The normalized spacial score (nSPS) is 10.4. The molecule has 2 aromatic rings. The van der Waals surface area contributed by atoms with E-state index < -0.39 is 0 Å². The minimum atomic E-state index is 0.239. The van der Waals surface area contributed by atoms with Crippen LogP contribution in [0.3, 0.4) is 0 Å². The molecular formula is C19H24O3. The molecule has 1 N–H and O–H groups in total. The zero-order valence-electron chi connectivity index (χ0n) is 12.9. The summed E-state index contributed by atoms with van der Waals surface area (Å²) in [4.78, 5) is 0. The second-order valence-corrected chi connectivity index (χ2v) is 5.19. The molecule has 2 rings (SSSR count). The maximum absolute atomic E-state index is 8.81. The van der Waals surface area contributed by atoms with E-state index in [2.05, 4.69) is 12.1 Å². The van der Waals surface area contributed by atoms with Gasteiger partial charge in [-0.05, 0) is 55.5 Å². The molecule has 0 unspecified atom stereocenters. The van der Waals surface area contributed by atoms with E-state index in [1.807, 2.05) is 42.5 Å². The lowest BCUT2D eigenvalue weighted by molar-refractivity contribution is 0.266. The Morgan fingerprint density at radius 2 is 1.27 bits per heavy atom. The first kappa shape index (κ1) is 16.4. The Labute approximate surface area is 132 Å².